The molecular weight excluding hydrogens is 154 g/mol. The van der Waals surface area contributed by atoms with Crippen molar-refractivity contribution in [3.8, 4) is 0 Å². The Morgan fingerprint density at radius 1 is 1.75 bits per heavy atom. The maximum Gasteiger partial charge on any atom is 0.131 e. The summed E-state index contributed by atoms with van der Waals surface area (Å²) >= 11 is 0. The fourth-order valence-electron chi connectivity index (χ4n) is 1.36. The number of nitrogens with one attached hydrogen (secondary N) is 1. The number of hydrogen-bond donors (Lipinski definition) is 2. The maximum atomic E-state index is 9.88. The zero-order valence-corrected chi connectivity index (χ0v) is 7.76. The Morgan fingerprint density at radius 2 is 2.50 bits per heavy atom. The Bertz CT molecular complexity index is 175. The Labute approximate surface area is 73.4 Å². The van der Waals surface area contributed by atoms with Crippen molar-refractivity contribution in [2.75, 3.05) is 20.2 Å². The third-order valence-electron chi connectivity index (χ3n) is 1.99. The zero-order chi connectivity index (χ0) is 9.03. The van der Waals surface area contributed by atoms with Crippen LogP contribution in [0.3, 0.4) is 0 Å². The van der Waals surface area contributed by atoms with Gasteiger partial charge in [0.05, 0.1) is 6.61 Å². The van der Waals surface area contributed by atoms with Gasteiger partial charge in [0.1, 0.15) is 11.4 Å². The van der Waals surface area contributed by atoms with Crippen molar-refractivity contribution < 1.29 is 9.84 Å². The summed E-state index contributed by atoms with van der Waals surface area (Å²) in [4.78, 5) is 0. The van der Waals surface area contributed by atoms with E-state index in [0.29, 0.717) is 12.3 Å². The summed E-state index contributed by atoms with van der Waals surface area (Å²) < 4.78 is 5.37. The summed E-state index contributed by atoms with van der Waals surface area (Å²) in [5.74, 6) is 0.711. The van der Waals surface area contributed by atoms with Crippen LogP contribution in [0, 0.1) is 0 Å². The normalized spacial score (nSPS) is 22.4. The van der Waals surface area contributed by atoms with E-state index in [2.05, 4.69) is 5.32 Å². The summed E-state index contributed by atoms with van der Waals surface area (Å²) in [6.45, 7) is 3.02. The SMILES string of the molecule is CNCC(C)(O)C1=CCCCO1. The van der Waals surface area contributed by atoms with Gasteiger partial charge in [-0.2, -0.15) is 0 Å². The Balaban J connectivity index is 2.59. The predicted molar refractivity (Wildman–Crippen MR) is 47.8 cm³/mol. The van der Waals surface area contributed by atoms with Gasteiger partial charge in [-0.1, -0.05) is 0 Å². The van der Waals surface area contributed by atoms with Crippen LogP contribution in [0.5, 0.6) is 0 Å². The van der Waals surface area contributed by atoms with E-state index in [1.807, 2.05) is 13.1 Å². The van der Waals surface area contributed by atoms with E-state index in [1.165, 1.54) is 0 Å². The van der Waals surface area contributed by atoms with Gasteiger partial charge in [0.15, 0.2) is 0 Å². The summed E-state index contributed by atoms with van der Waals surface area (Å²) in [6, 6.07) is 0. The number of likely N-dealkylation sites (N-methyl/N-ethyl adjacent to an activating group) is 1. The standard InChI is InChI=1S/C9H17NO2/c1-9(11,7-10-2)8-5-3-4-6-12-8/h5,10-11H,3-4,6-7H2,1-2H3. The second-order valence-electron chi connectivity index (χ2n) is 3.36. The predicted octanol–water partition coefficient (Wildman–Crippen LogP) is 0.651. The Kier molecular flexibility index (Phi) is 3.12. The van der Waals surface area contributed by atoms with E-state index < -0.39 is 5.60 Å². The molecule has 3 nitrogen and oxygen atoms in total. The van der Waals surface area contributed by atoms with Crippen LogP contribution in [-0.4, -0.2) is 30.9 Å². The second-order valence-corrected chi connectivity index (χ2v) is 3.36. The largest absolute Gasteiger partial charge is 0.495 e. The van der Waals surface area contributed by atoms with Crippen molar-refractivity contribution >= 4 is 0 Å². The molecule has 0 aromatic carbocycles. The molecule has 0 spiro atoms. The summed E-state index contributed by atoms with van der Waals surface area (Å²) in [5.41, 5.74) is -0.852. The molecule has 0 aliphatic carbocycles. The fourth-order valence-corrected chi connectivity index (χ4v) is 1.36. The lowest BCUT2D eigenvalue weighted by atomic mass is 10.0. The van der Waals surface area contributed by atoms with Gasteiger partial charge in [-0.25, -0.2) is 0 Å². The molecule has 0 aromatic rings. The lowest BCUT2D eigenvalue weighted by molar-refractivity contribution is 0.0200. The molecular formula is C9H17NO2. The average Bonchev–Trinajstić information content (AvgIpc) is 2.06. The molecule has 1 unspecified atom stereocenters. The van der Waals surface area contributed by atoms with E-state index in [0.717, 1.165) is 19.4 Å². The minimum atomic E-state index is -0.852. The molecule has 1 aliphatic heterocycles. The van der Waals surface area contributed by atoms with Gasteiger partial charge in [0, 0.05) is 6.54 Å². The summed E-state index contributed by atoms with van der Waals surface area (Å²) in [7, 11) is 1.82. The van der Waals surface area contributed by atoms with Crippen LogP contribution in [0.15, 0.2) is 11.8 Å². The Morgan fingerprint density at radius 3 is 3.00 bits per heavy atom. The van der Waals surface area contributed by atoms with E-state index >= 15 is 0 Å². The van der Waals surface area contributed by atoms with Crippen LogP contribution < -0.4 is 5.32 Å². The number of allylic oxidation sites excluding steroid dienone is 1. The minimum Gasteiger partial charge on any atom is -0.495 e. The third-order valence-corrected chi connectivity index (χ3v) is 1.99. The van der Waals surface area contributed by atoms with Crippen molar-refractivity contribution in [1.82, 2.24) is 5.32 Å². The van der Waals surface area contributed by atoms with Crippen molar-refractivity contribution in [3.05, 3.63) is 11.8 Å². The van der Waals surface area contributed by atoms with Gasteiger partial charge in [-0.15, -0.1) is 0 Å². The number of hydrogen-bond acceptors (Lipinski definition) is 3. The smallest absolute Gasteiger partial charge is 0.131 e. The molecule has 0 saturated carbocycles. The second kappa shape index (κ2) is 3.92. The lowest BCUT2D eigenvalue weighted by Gasteiger charge is -2.28. The first kappa shape index (κ1) is 9.55. The van der Waals surface area contributed by atoms with Crippen LogP contribution in [0.4, 0.5) is 0 Å². The molecule has 2 N–H and O–H groups in total. The molecule has 1 aliphatic rings. The number of aliphatic hydroxyl groups is 1. The van der Waals surface area contributed by atoms with E-state index in [9.17, 15) is 5.11 Å². The van der Waals surface area contributed by atoms with E-state index in [4.69, 9.17) is 4.74 Å². The first-order valence-corrected chi connectivity index (χ1v) is 4.37. The van der Waals surface area contributed by atoms with Crippen LogP contribution in [0.2, 0.25) is 0 Å². The number of ether oxygens (including phenoxy) is 1. The number of rotatable bonds is 3. The van der Waals surface area contributed by atoms with Gasteiger partial charge in [0.25, 0.3) is 0 Å². The lowest BCUT2D eigenvalue weighted by Crippen LogP contribution is -2.39. The molecule has 0 amide bonds. The van der Waals surface area contributed by atoms with Crippen molar-refractivity contribution in [3.63, 3.8) is 0 Å². The topological polar surface area (TPSA) is 41.5 Å². The molecule has 3 heteroatoms. The average molecular weight is 171 g/mol. The van der Waals surface area contributed by atoms with Crippen molar-refractivity contribution in [2.45, 2.75) is 25.4 Å². The molecule has 0 aromatic heterocycles. The molecule has 1 heterocycles. The van der Waals surface area contributed by atoms with Crippen LogP contribution in [0.1, 0.15) is 19.8 Å². The first-order valence-electron chi connectivity index (χ1n) is 4.37. The molecule has 12 heavy (non-hydrogen) atoms. The van der Waals surface area contributed by atoms with Gasteiger partial charge in [-0.3, -0.25) is 0 Å². The van der Waals surface area contributed by atoms with Crippen LogP contribution >= 0.6 is 0 Å². The van der Waals surface area contributed by atoms with Crippen molar-refractivity contribution in [2.24, 2.45) is 0 Å². The van der Waals surface area contributed by atoms with E-state index in [1.54, 1.807) is 6.92 Å². The molecule has 0 bridgehead atoms. The van der Waals surface area contributed by atoms with Gasteiger partial charge >= 0.3 is 0 Å². The molecule has 1 atom stereocenters. The maximum absolute atomic E-state index is 9.88. The van der Waals surface area contributed by atoms with Crippen LogP contribution in [0.25, 0.3) is 0 Å². The quantitative estimate of drug-likeness (QED) is 0.655. The van der Waals surface area contributed by atoms with Gasteiger partial charge < -0.3 is 15.2 Å². The fraction of sp³-hybridized carbons (Fsp3) is 0.778. The highest BCUT2D eigenvalue weighted by molar-refractivity contribution is 5.10. The minimum absolute atomic E-state index is 0.527. The summed E-state index contributed by atoms with van der Waals surface area (Å²) in [5, 5.41) is 12.8. The molecule has 0 saturated heterocycles. The van der Waals surface area contributed by atoms with Gasteiger partial charge in [0.2, 0.25) is 0 Å². The van der Waals surface area contributed by atoms with Crippen LogP contribution in [-0.2, 0) is 4.74 Å². The first-order chi connectivity index (χ1) is 5.67. The Hall–Kier alpha value is -0.540. The zero-order valence-electron chi connectivity index (χ0n) is 7.76. The highest BCUT2D eigenvalue weighted by Gasteiger charge is 2.27. The highest BCUT2D eigenvalue weighted by Crippen LogP contribution is 2.21. The van der Waals surface area contributed by atoms with Crippen molar-refractivity contribution in [1.29, 1.82) is 0 Å². The molecule has 0 radical (unpaired) electrons. The summed E-state index contributed by atoms with van der Waals surface area (Å²) in [6.07, 6.45) is 4.04. The highest BCUT2D eigenvalue weighted by atomic mass is 16.5. The molecule has 70 valence electrons. The van der Waals surface area contributed by atoms with Gasteiger partial charge in [-0.05, 0) is 32.9 Å². The molecule has 1 rings (SSSR count). The molecule has 0 fully saturated rings. The third kappa shape index (κ3) is 2.22. The monoisotopic (exact) mass is 171 g/mol. The van der Waals surface area contributed by atoms with E-state index in [-0.39, 0.29) is 0 Å².